The Hall–Kier alpha value is -4.47. The Balaban J connectivity index is 1.71. The maximum Gasteiger partial charge on any atom is 0.182 e. The molecule has 0 bridgehead atoms. The first-order valence-electron chi connectivity index (χ1n) is 10.6. The largest absolute Gasteiger partial charge is 0.393 e. The molecule has 2 aromatic carbocycles. The molecule has 0 saturated carbocycles. The number of benzene rings is 2. The van der Waals surface area contributed by atoms with Crippen molar-refractivity contribution in [3.8, 4) is 0 Å². The number of hydrogen-bond donors (Lipinski definition) is 4. The van der Waals surface area contributed by atoms with Crippen molar-refractivity contribution in [3.05, 3.63) is 107 Å². The molecule has 10 heteroatoms. The summed E-state index contributed by atoms with van der Waals surface area (Å²) in [6, 6.07) is 16.3. The number of amidine groups is 1. The third kappa shape index (κ3) is 3.58. The molecule has 1 unspecified atom stereocenters. The number of fused-ring (bicyclic) bond motifs is 1. The van der Waals surface area contributed by atoms with Crippen LogP contribution in [-0.2, 0) is 18.6 Å². The van der Waals surface area contributed by atoms with E-state index in [1.807, 2.05) is 6.07 Å². The Morgan fingerprint density at radius 3 is 2.24 bits per heavy atom. The van der Waals surface area contributed by atoms with Gasteiger partial charge in [0.1, 0.15) is 34.7 Å². The topological polar surface area (TPSA) is 133 Å². The van der Waals surface area contributed by atoms with Crippen molar-refractivity contribution in [2.24, 2.45) is 22.2 Å². The van der Waals surface area contributed by atoms with Crippen LogP contribution in [0.4, 0.5) is 8.78 Å². The van der Waals surface area contributed by atoms with Crippen LogP contribution in [0.3, 0.4) is 0 Å². The van der Waals surface area contributed by atoms with Crippen LogP contribution in [0, 0.1) is 11.6 Å². The van der Waals surface area contributed by atoms with E-state index in [0.717, 1.165) is 0 Å². The van der Waals surface area contributed by atoms with Crippen LogP contribution in [0.1, 0.15) is 16.8 Å². The lowest BCUT2D eigenvalue weighted by molar-refractivity contribution is 0.353. The zero-order valence-corrected chi connectivity index (χ0v) is 18.0. The number of hydrogen-bond acceptors (Lipinski definition) is 7. The first-order chi connectivity index (χ1) is 16.4. The number of aliphatic imine (C=N–C) groups is 1. The maximum atomic E-state index is 14.7. The molecule has 8 nitrogen and oxygen atoms in total. The standard InChI is InChI=1S/C24H22F2N8/c25-17-9-3-1-6-14(17)12-24(31-21(28)19(27)22(29)32-24)20-16-8-5-11-30-23(16)34(33-20)13-15-7-2-4-10-18(15)26/h1-11,31H,12-13,27-28H2,(H2,29,32). The lowest BCUT2D eigenvalue weighted by Crippen LogP contribution is -2.51. The maximum absolute atomic E-state index is 14.7. The fourth-order valence-corrected chi connectivity index (χ4v) is 4.13. The molecule has 4 aromatic rings. The third-order valence-electron chi connectivity index (χ3n) is 5.80. The molecule has 34 heavy (non-hydrogen) atoms. The summed E-state index contributed by atoms with van der Waals surface area (Å²) in [6.45, 7) is 0.128. The summed E-state index contributed by atoms with van der Waals surface area (Å²) >= 11 is 0. The second kappa shape index (κ2) is 8.14. The smallest absolute Gasteiger partial charge is 0.182 e. The molecule has 0 amide bonds. The summed E-state index contributed by atoms with van der Waals surface area (Å²) in [7, 11) is 0. The molecule has 0 aliphatic carbocycles. The summed E-state index contributed by atoms with van der Waals surface area (Å²) < 4.78 is 30.7. The molecule has 1 atom stereocenters. The van der Waals surface area contributed by atoms with Crippen molar-refractivity contribution in [2.75, 3.05) is 0 Å². The quantitative estimate of drug-likeness (QED) is 0.361. The van der Waals surface area contributed by atoms with Gasteiger partial charge < -0.3 is 22.5 Å². The van der Waals surface area contributed by atoms with E-state index < -0.39 is 11.5 Å². The molecule has 1 aliphatic heterocycles. The Bertz CT molecular complexity index is 1460. The van der Waals surface area contributed by atoms with E-state index in [1.54, 1.807) is 53.3 Å². The molecule has 7 N–H and O–H groups in total. The summed E-state index contributed by atoms with van der Waals surface area (Å²) in [6.07, 6.45) is 1.66. The highest BCUT2D eigenvalue weighted by Crippen LogP contribution is 2.35. The average Bonchev–Trinajstić information content (AvgIpc) is 3.20. The van der Waals surface area contributed by atoms with Crippen LogP contribution in [-0.4, -0.2) is 20.6 Å². The van der Waals surface area contributed by atoms with E-state index in [9.17, 15) is 8.78 Å². The molecule has 172 valence electrons. The number of pyridine rings is 1. The van der Waals surface area contributed by atoms with E-state index in [4.69, 9.17) is 22.3 Å². The number of rotatable bonds is 5. The summed E-state index contributed by atoms with van der Waals surface area (Å²) in [4.78, 5) is 9.08. The molecule has 0 saturated heterocycles. The second-order valence-corrected chi connectivity index (χ2v) is 8.05. The Labute approximate surface area is 193 Å². The van der Waals surface area contributed by atoms with Crippen molar-refractivity contribution in [2.45, 2.75) is 18.6 Å². The van der Waals surface area contributed by atoms with Gasteiger partial charge in [-0.15, -0.1) is 0 Å². The van der Waals surface area contributed by atoms with Gasteiger partial charge in [0.2, 0.25) is 0 Å². The SMILES string of the molecule is NC1=NC(Cc2ccccc2F)(c2nn(Cc3ccccc3F)c3ncccc23)NC(N)=C1N. The van der Waals surface area contributed by atoms with Gasteiger partial charge in [-0.1, -0.05) is 36.4 Å². The number of nitrogens with two attached hydrogens (primary N) is 3. The number of aromatic nitrogens is 3. The Morgan fingerprint density at radius 1 is 0.882 bits per heavy atom. The van der Waals surface area contributed by atoms with Crippen LogP contribution in [0.2, 0.25) is 0 Å². The molecular weight excluding hydrogens is 438 g/mol. The normalized spacial score (nSPS) is 18.1. The average molecular weight is 460 g/mol. The van der Waals surface area contributed by atoms with Crippen molar-refractivity contribution in [1.82, 2.24) is 20.1 Å². The summed E-state index contributed by atoms with van der Waals surface area (Å²) in [5.74, 6) is -0.660. The first-order valence-corrected chi connectivity index (χ1v) is 10.6. The molecule has 0 radical (unpaired) electrons. The monoisotopic (exact) mass is 460 g/mol. The van der Waals surface area contributed by atoms with E-state index in [1.165, 1.54) is 12.1 Å². The zero-order valence-electron chi connectivity index (χ0n) is 18.0. The minimum absolute atomic E-state index is 0.00767. The lowest BCUT2D eigenvalue weighted by Gasteiger charge is -2.35. The van der Waals surface area contributed by atoms with Crippen molar-refractivity contribution in [3.63, 3.8) is 0 Å². The predicted molar refractivity (Wildman–Crippen MR) is 125 cm³/mol. The van der Waals surface area contributed by atoms with E-state index in [0.29, 0.717) is 27.9 Å². The lowest BCUT2D eigenvalue weighted by atomic mass is 9.93. The highest BCUT2D eigenvalue weighted by Gasteiger charge is 2.41. The summed E-state index contributed by atoms with van der Waals surface area (Å²) in [5.41, 5.74) is 18.7. The van der Waals surface area contributed by atoms with Crippen LogP contribution in [0.25, 0.3) is 11.0 Å². The molecule has 2 aromatic heterocycles. The van der Waals surface area contributed by atoms with Gasteiger partial charge in [-0.05, 0) is 29.8 Å². The van der Waals surface area contributed by atoms with Crippen molar-refractivity contribution >= 4 is 16.9 Å². The van der Waals surface area contributed by atoms with Gasteiger partial charge in [-0.3, -0.25) is 0 Å². The van der Waals surface area contributed by atoms with Crippen LogP contribution < -0.4 is 22.5 Å². The molecule has 1 aliphatic rings. The molecule has 3 heterocycles. The van der Waals surface area contributed by atoms with Crippen LogP contribution in [0.5, 0.6) is 0 Å². The minimum Gasteiger partial charge on any atom is -0.393 e. The van der Waals surface area contributed by atoms with Gasteiger partial charge in [-0.25, -0.2) is 23.4 Å². The number of halogens is 2. The van der Waals surface area contributed by atoms with Crippen molar-refractivity contribution in [1.29, 1.82) is 0 Å². The van der Waals surface area contributed by atoms with Crippen LogP contribution >= 0.6 is 0 Å². The van der Waals surface area contributed by atoms with Gasteiger partial charge in [0.25, 0.3) is 0 Å². The Kier molecular flexibility index (Phi) is 5.12. The first kappa shape index (κ1) is 21.4. The van der Waals surface area contributed by atoms with E-state index in [-0.39, 0.29) is 36.1 Å². The summed E-state index contributed by atoms with van der Waals surface area (Å²) in [5, 5.41) is 8.50. The van der Waals surface area contributed by atoms with E-state index >= 15 is 0 Å². The fraction of sp³-hybridized carbons (Fsp3) is 0.125. The number of nitrogens with one attached hydrogen (secondary N) is 1. The minimum atomic E-state index is -1.37. The Morgan fingerprint density at radius 2 is 1.56 bits per heavy atom. The van der Waals surface area contributed by atoms with Gasteiger partial charge in [-0.2, -0.15) is 5.10 Å². The fourth-order valence-electron chi connectivity index (χ4n) is 4.13. The zero-order chi connectivity index (χ0) is 23.9. The van der Waals surface area contributed by atoms with Gasteiger partial charge in [0, 0.05) is 23.6 Å². The van der Waals surface area contributed by atoms with Crippen molar-refractivity contribution < 1.29 is 8.78 Å². The van der Waals surface area contributed by atoms with Gasteiger partial charge >= 0.3 is 0 Å². The second-order valence-electron chi connectivity index (χ2n) is 8.05. The number of nitrogens with zero attached hydrogens (tertiary/aromatic N) is 4. The van der Waals surface area contributed by atoms with Gasteiger partial charge in [0.05, 0.1) is 6.54 Å². The highest BCUT2D eigenvalue weighted by atomic mass is 19.1. The van der Waals surface area contributed by atoms with E-state index in [2.05, 4.69) is 15.3 Å². The van der Waals surface area contributed by atoms with Crippen LogP contribution in [0.15, 0.2) is 83.4 Å². The molecular formula is C24H22F2N8. The predicted octanol–water partition coefficient (Wildman–Crippen LogP) is 2.20. The third-order valence-corrected chi connectivity index (χ3v) is 5.80. The molecule has 5 rings (SSSR count). The van der Waals surface area contributed by atoms with Gasteiger partial charge in [0.15, 0.2) is 11.3 Å². The molecule has 0 spiro atoms. The highest BCUT2D eigenvalue weighted by molar-refractivity contribution is 5.98. The molecule has 0 fully saturated rings.